The van der Waals surface area contributed by atoms with E-state index in [1.807, 2.05) is 6.07 Å². The Labute approximate surface area is 218 Å². The molecule has 1 aromatic rings. The number of Topliss-reactive ketones (excluding diaryl/α,β-unsaturated/α-hetero) is 1. The highest BCUT2D eigenvalue weighted by Crippen LogP contribution is 2.55. The SMILES string of the molecule is CCCCCCC(C)(C)c1cc(O)c2c(c1)OC(C)(C)[C@@H]1CC=C(C(=O)CC3CCC(O)CC3)C[C@@H]21. The van der Waals surface area contributed by atoms with E-state index in [0.717, 1.165) is 61.0 Å². The number of ether oxygens (including phenoxy) is 1. The van der Waals surface area contributed by atoms with E-state index < -0.39 is 0 Å². The lowest BCUT2D eigenvalue weighted by atomic mass is 9.65. The van der Waals surface area contributed by atoms with E-state index in [9.17, 15) is 15.0 Å². The molecule has 4 rings (SSSR count). The van der Waals surface area contributed by atoms with Crippen LogP contribution in [-0.2, 0) is 10.2 Å². The third-order valence-electron chi connectivity index (χ3n) is 9.39. The largest absolute Gasteiger partial charge is 0.508 e. The van der Waals surface area contributed by atoms with E-state index in [0.29, 0.717) is 24.5 Å². The molecular weight excluding hydrogens is 448 g/mol. The first kappa shape index (κ1) is 27.2. The van der Waals surface area contributed by atoms with E-state index in [1.165, 1.54) is 25.7 Å². The van der Waals surface area contributed by atoms with Gasteiger partial charge in [-0.3, -0.25) is 4.79 Å². The topological polar surface area (TPSA) is 66.8 Å². The van der Waals surface area contributed by atoms with E-state index in [-0.39, 0.29) is 34.7 Å². The van der Waals surface area contributed by atoms with Crippen molar-refractivity contribution in [2.75, 3.05) is 0 Å². The van der Waals surface area contributed by atoms with Crippen LogP contribution in [0, 0.1) is 11.8 Å². The van der Waals surface area contributed by atoms with Crippen LogP contribution in [0.3, 0.4) is 0 Å². The number of benzene rings is 1. The fraction of sp³-hybridized carbons (Fsp3) is 0.719. The molecule has 200 valence electrons. The first-order valence-electron chi connectivity index (χ1n) is 14.5. The zero-order valence-corrected chi connectivity index (χ0v) is 23.2. The summed E-state index contributed by atoms with van der Waals surface area (Å²) in [7, 11) is 0. The lowest BCUT2D eigenvalue weighted by molar-refractivity contribution is -0.117. The molecule has 0 saturated heterocycles. The number of rotatable bonds is 9. The fourth-order valence-electron chi connectivity index (χ4n) is 6.89. The van der Waals surface area contributed by atoms with Crippen LogP contribution in [0.25, 0.3) is 0 Å². The predicted molar refractivity (Wildman–Crippen MR) is 146 cm³/mol. The summed E-state index contributed by atoms with van der Waals surface area (Å²) in [4.78, 5) is 13.3. The average molecular weight is 497 g/mol. The number of phenolic OH excluding ortho intramolecular Hbond substituents is 1. The van der Waals surface area contributed by atoms with Crippen molar-refractivity contribution in [2.24, 2.45) is 11.8 Å². The lowest BCUT2D eigenvalue weighted by Gasteiger charge is -2.47. The number of aliphatic hydroxyl groups is 1. The molecule has 4 heteroatoms. The van der Waals surface area contributed by atoms with Crippen LogP contribution in [-0.4, -0.2) is 27.7 Å². The summed E-state index contributed by atoms with van der Waals surface area (Å²) >= 11 is 0. The highest BCUT2D eigenvalue weighted by atomic mass is 16.5. The van der Waals surface area contributed by atoms with Gasteiger partial charge in [-0.2, -0.15) is 0 Å². The van der Waals surface area contributed by atoms with Gasteiger partial charge in [0, 0.05) is 23.8 Å². The molecule has 4 nitrogen and oxygen atoms in total. The minimum absolute atomic E-state index is 0.0359. The van der Waals surface area contributed by atoms with Gasteiger partial charge in [0.15, 0.2) is 5.78 Å². The predicted octanol–water partition coefficient (Wildman–Crippen LogP) is 7.74. The Morgan fingerprint density at radius 2 is 1.83 bits per heavy atom. The Kier molecular flexibility index (Phi) is 8.24. The first-order valence-corrected chi connectivity index (χ1v) is 14.5. The summed E-state index contributed by atoms with van der Waals surface area (Å²) in [5.74, 6) is 2.07. The number of fused-ring (bicyclic) bond motifs is 3. The molecule has 0 radical (unpaired) electrons. The summed E-state index contributed by atoms with van der Waals surface area (Å²) in [6.45, 7) is 11.1. The summed E-state index contributed by atoms with van der Waals surface area (Å²) in [6.07, 6.45) is 13.5. The van der Waals surface area contributed by atoms with E-state index in [1.54, 1.807) is 0 Å². The maximum absolute atomic E-state index is 13.3. The van der Waals surface area contributed by atoms with Crippen LogP contribution in [0.15, 0.2) is 23.8 Å². The molecule has 1 aromatic carbocycles. The van der Waals surface area contributed by atoms with Gasteiger partial charge in [0.1, 0.15) is 17.1 Å². The van der Waals surface area contributed by atoms with Crippen LogP contribution in [0.1, 0.15) is 129 Å². The second-order valence-electron chi connectivity index (χ2n) is 13.0. The summed E-state index contributed by atoms with van der Waals surface area (Å²) in [5, 5.41) is 21.1. The number of unbranched alkanes of at least 4 members (excludes halogenated alkanes) is 3. The number of aliphatic hydroxyl groups excluding tert-OH is 1. The molecule has 0 aromatic heterocycles. The zero-order valence-electron chi connectivity index (χ0n) is 23.2. The molecular formula is C32H48O4. The first-order chi connectivity index (χ1) is 17.0. The molecule has 0 spiro atoms. The number of carbonyl (C=O) groups excluding carboxylic acids is 1. The molecule has 1 saturated carbocycles. The van der Waals surface area contributed by atoms with Crippen molar-refractivity contribution in [1.82, 2.24) is 0 Å². The number of phenols is 1. The van der Waals surface area contributed by atoms with Gasteiger partial charge in [0.25, 0.3) is 0 Å². The molecule has 0 amide bonds. The monoisotopic (exact) mass is 496 g/mol. The van der Waals surface area contributed by atoms with Gasteiger partial charge < -0.3 is 14.9 Å². The molecule has 2 aliphatic carbocycles. The van der Waals surface area contributed by atoms with Gasteiger partial charge in [-0.05, 0) is 93.4 Å². The van der Waals surface area contributed by atoms with Crippen molar-refractivity contribution in [3.63, 3.8) is 0 Å². The number of hydrogen-bond donors (Lipinski definition) is 2. The smallest absolute Gasteiger partial charge is 0.158 e. The Hall–Kier alpha value is -1.81. The molecule has 1 aliphatic heterocycles. The Bertz CT molecular complexity index is 965. The summed E-state index contributed by atoms with van der Waals surface area (Å²) < 4.78 is 6.58. The second-order valence-corrected chi connectivity index (χ2v) is 13.0. The standard InChI is InChI=1S/C32H48O4/c1-6-7-8-9-16-31(2,3)23-19-28(35)30-25-18-22(27(34)17-21-10-13-24(33)14-11-21)12-15-26(25)32(4,5)36-29(30)20-23/h12,19-21,24-26,33,35H,6-11,13-18H2,1-5H3/t21?,24?,25-,26-/m1/s1. The number of carbonyl (C=O) groups is 1. The van der Waals surface area contributed by atoms with Crippen molar-refractivity contribution < 1.29 is 19.7 Å². The van der Waals surface area contributed by atoms with Crippen molar-refractivity contribution in [2.45, 2.75) is 135 Å². The number of hydrogen-bond acceptors (Lipinski definition) is 4. The van der Waals surface area contributed by atoms with Gasteiger partial charge in [0.05, 0.1) is 6.10 Å². The highest BCUT2D eigenvalue weighted by molar-refractivity contribution is 5.95. The van der Waals surface area contributed by atoms with Crippen molar-refractivity contribution in [3.8, 4) is 11.5 Å². The van der Waals surface area contributed by atoms with Crippen molar-refractivity contribution in [1.29, 1.82) is 0 Å². The molecule has 1 fully saturated rings. The Balaban J connectivity index is 1.55. The average Bonchev–Trinajstić information content (AvgIpc) is 2.82. The zero-order chi connectivity index (χ0) is 26.1. The minimum Gasteiger partial charge on any atom is -0.508 e. The van der Waals surface area contributed by atoms with Crippen LogP contribution >= 0.6 is 0 Å². The molecule has 2 atom stereocenters. The third-order valence-corrected chi connectivity index (χ3v) is 9.39. The van der Waals surface area contributed by atoms with Gasteiger partial charge >= 0.3 is 0 Å². The quantitative estimate of drug-likeness (QED) is 0.343. The lowest BCUT2D eigenvalue weighted by Crippen LogP contribution is -2.46. The molecule has 3 aliphatic rings. The van der Waals surface area contributed by atoms with Gasteiger partial charge in [0.2, 0.25) is 0 Å². The van der Waals surface area contributed by atoms with E-state index in [4.69, 9.17) is 4.74 Å². The molecule has 36 heavy (non-hydrogen) atoms. The van der Waals surface area contributed by atoms with Crippen molar-refractivity contribution >= 4 is 5.78 Å². The molecule has 2 N–H and O–H groups in total. The van der Waals surface area contributed by atoms with Gasteiger partial charge in [-0.25, -0.2) is 0 Å². The summed E-state index contributed by atoms with van der Waals surface area (Å²) in [5.41, 5.74) is 2.55. The van der Waals surface area contributed by atoms with Crippen LogP contribution in [0.4, 0.5) is 0 Å². The Morgan fingerprint density at radius 1 is 1.11 bits per heavy atom. The van der Waals surface area contributed by atoms with E-state index in [2.05, 4.69) is 46.8 Å². The van der Waals surface area contributed by atoms with Gasteiger partial charge in [-0.15, -0.1) is 0 Å². The number of aromatic hydroxyl groups is 1. The van der Waals surface area contributed by atoms with Crippen LogP contribution in [0.2, 0.25) is 0 Å². The molecule has 0 bridgehead atoms. The maximum Gasteiger partial charge on any atom is 0.158 e. The second kappa shape index (κ2) is 10.9. The van der Waals surface area contributed by atoms with Gasteiger partial charge in [-0.1, -0.05) is 52.5 Å². The highest BCUT2D eigenvalue weighted by Gasteiger charge is 2.47. The summed E-state index contributed by atoms with van der Waals surface area (Å²) in [6, 6.07) is 4.13. The third kappa shape index (κ3) is 5.85. The Morgan fingerprint density at radius 3 is 2.53 bits per heavy atom. The van der Waals surface area contributed by atoms with Crippen LogP contribution in [0.5, 0.6) is 11.5 Å². The fourth-order valence-corrected chi connectivity index (χ4v) is 6.89. The maximum atomic E-state index is 13.3. The molecule has 1 heterocycles. The number of ketones is 1. The minimum atomic E-state index is -0.363. The van der Waals surface area contributed by atoms with Crippen LogP contribution < -0.4 is 4.74 Å². The van der Waals surface area contributed by atoms with Crippen molar-refractivity contribution in [3.05, 3.63) is 34.9 Å². The normalized spacial score (nSPS) is 27.4. The number of allylic oxidation sites excluding steroid dienone is 2. The van der Waals surface area contributed by atoms with E-state index >= 15 is 0 Å². The molecule has 0 unspecified atom stereocenters.